The summed E-state index contributed by atoms with van der Waals surface area (Å²) in [4.78, 5) is 14.1. The number of sulfonamides is 1. The summed E-state index contributed by atoms with van der Waals surface area (Å²) in [5.41, 5.74) is 0.790. The average Bonchev–Trinajstić information content (AvgIpc) is 2.55. The van der Waals surface area contributed by atoms with Gasteiger partial charge in [-0.25, -0.2) is 8.42 Å². The van der Waals surface area contributed by atoms with Crippen molar-refractivity contribution >= 4 is 21.6 Å². The molecule has 1 aromatic carbocycles. The number of amides is 1. The average molecular weight is 350 g/mol. The smallest absolute Gasteiger partial charge is 0.243 e. The minimum Gasteiger partial charge on any atom is -0.312 e. The van der Waals surface area contributed by atoms with Crippen molar-refractivity contribution in [2.75, 3.05) is 11.4 Å². The highest BCUT2D eigenvalue weighted by molar-refractivity contribution is 7.89. The SMILES string of the molecule is C[C@@H]1CCC[C@H](C)N1S(=O)(=O)c1ccc(N2CCCCC2=O)cc1. The van der Waals surface area contributed by atoms with Crippen molar-refractivity contribution in [3.8, 4) is 0 Å². The number of nitrogens with zero attached hydrogens (tertiary/aromatic N) is 2. The number of rotatable bonds is 3. The van der Waals surface area contributed by atoms with E-state index in [1.54, 1.807) is 33.5 Å². The summed E-state index contributed by atoms with van der Waals surface area (Å²) in [6.07, 6.45) is 5.39. The molecule has 6 heteroatoms. The van der Waals surface area contributed by atoms with Crippen LogP contribution in [0.5, 0.6) is 0 Å². The maximum Gasteiger partial charge on any atom is 0.243 e. The molecule has 0 radical (unpaired) electrons. The van der Waals surface area contributed by atoms with E-state index in [1.165, 1.54) is 0 Å². The third-order valence-corrected chi connectivity index (χ3v) is 7.30. The van der Waals surface area contributed by atoms with Crippen molar-refractivity contribution < 1.29 is 13.2 Å². The van der Waals surface area contributed by atoms with Crippen LogP contribution in [-0.4, -0.2) is 37.3 Å². The Hall–Kier alpha value is -1.40. The molecule has 0 spiro atoms. The normalized spacial score (nSPS) is 26.6. The van der Waals surface area contributed by atoms with Crippen LogP contribution in [0.1, 0.15) is 52.4 Å². The molecule has 2 aliphatic rings. The van der Waals surface area contributed by atoms with Gasteiger partial charge in [0.15, 0.2) is 0 Å². The highest BCUT2D eigenvalue weighted by atomic mass is 32.2. The van der Waals surface area contributed by atoms with Gasteiger partial charge >= 0.3 is 0 Å². The second kappa shape index (κ2) is 6.84. The van der Waals surface area contributed by atoms with Crippen molar-refractivity contribution in [3.63, 3.8) is 0 Å². The molecule has 5 nitrogen and oxygen atoms in total. The fourth-order valence-corrected chi connectivity index (χ4v) is 5.75. The largest absolute Gasteiger partial charge is 0.312 e. The van der Waals surface area contributed by atoms with Gasteiger partial charge in [-0.1, -0.05) is 6.42 Å². The van der Waals surface area contributed by atoms with Gasteiger partial charge in [-0.15, -0.1) is 0 Å². The number of carbonyl (C=O) groups excluding carboxylic acids is 1. The van der Waals surface area contributed by atoms with Crippen molar-refractivity contribution in [1.29, 1.82) is 0 Å². The quantitative estimate of drug-likeness (QED) is 0.841. The van der Waals surface area contributed by atoms with E-state index in [1.807, 2.05) is 13.8 Å². The Morgan fingerprint density at radius 3 is 2.17 bits per heavy atom. The van der Waals surface area contributed by atoms with E-state index in [-0.39, 0.29) is 18.0 Å². The Bertz CT molecular complexity index is 689. The second-order valence-corrected chi connectivity index (χ2v) is 8.80. The Labute approximate surface area is 144 Å². The fraction of sp³-hybridized carbons (Fsp3) is 0.611. The monoisotopic (exact) mass is 350 g/mol. The van der Waals surface area contributed by atoms with Gasteiger partial charge in [0.2, 0.25) is 15.9 Å². The van der Waals surface area contributed by atoms with Crippen LogP contribution in [0.2, 0.25) is 0 Å². The molecule has 0 N–H and O–H groups in total. The summed E-state index contributed by atoms with van der Waals surface area (Å²) in [6.45, 7) is 4.67. The zero-order valence-corrected chi connectivity index (χ0v) is 15.3. The summed E-state index contributed by atoms with van der Waals surface area (Å²) in [5.74, 6) is 0.120. The molecule has 1 aromatic rings. The fourth-order valence-electron chi connectivity index (χ4n) is 3.87. The van der Waals surface area contributed by atoms with Crippen LogP contribution in [0.3, 0.4) is 0 Å². The van der Waals surface area contributed by atoms with Gasteiger partial charge in [-0.2, -0.15) is 4.31 Å². The molecule has 2 aliphatic heterocycles. The minimum atomic E-state index is -3.49. The van der Waals surface area contributed by atoms with E-state index in [9.17, 15) is 13.2 Å². The van der Waals surface area contributed by atoms with E-state index in [0.717, 1.165) is 37.8 Å². The maximum atomic E-state index is 13.0. The third kappa shape index (κ3) is 3.22. The van der Waals surface area contributed by atoms with E-state index < -0.39 is 10.0 Å². The number of carbonyl (C=O) groups is 1. The van der Waals surface area contributed by atoms with Gasteiger partial charge in [0.1, 0.15) is 0 Å². The molecule has 0 saturated carbocycles. The van der Waals surface area contributed by atoms with Gasteiger partial charge < -0.3 is 4.90 Å². The highest BCUT2D eigenvalue weighted by Gasteiger charge is 2.35. The van der Waals surface area contributed by atoms with E-state index in [2.05, 4.69) is 0 Å². The van der Waals surface area contributed by atoms with E-state index in [0.29, 0.717) is 17.9 Å². The summed E-state index contributed by atoms with van der Waals surface area (Å²) in [5, 5.41) is 0. The molecular weight excluding hydrogens is 324 g/mol. The van der Waals surface area contributed by atoms with Gasteiger partial charge in [0, 0.05) is 30.7 Å². The van der Waals surface area contributed by atoms with Crippen molar-refractivity contribution in [2.24, 2.45) is 0 Å². The van der Waals surface area contributed by atoms with Crippen LogP contribution in [0, 0.1) is 0 Å². The molecule has 24 heavy (non-hydrogen) atoms. The predicted molar refractivity (Wildman–Crippen MR) is 94.4 cm³/mol. The number of anilines is 1. The molecule has 2 heterocycles. The molecule has 3 rings (SSSR count). The lowest BCUT2D eigenvalue weighted by molar-refractivity contribution is -0.119. The second-order valence-electron chi connectivity index (χ2n) is 6.96. The van der Waals surface area contributed by atoms with Crippen LogP contribution >= 0.6 is 0 Å². The lowest BCUT2D eigenvalue weighted by Gasteiger charge is -2.37. The third-order valence-electron chi connectivity index (χ3n) is 5.16. The Morgan fingerprint density at radius 2 is 1.58 bits per heavy atom. The highest BCUT2D eigenvalue weighted by Crippen LogP contribution is 2.30. The minimum absolute atomic E-state index is 0.0297. The Kier molecular flexibility index (Phi) is 4.97. The molecule has 1 amide bonds. The number of benzene rings is 1. The van der Waals surface area contributed by atoms with Crippen LogP contribution in [0.15, 0.2) is 29.2 Å². The number of hydrogen-bond donors (Lipinski definition) is 0. The first-order valence-electron chi connectivity index (χ1n) is 8.85. The van der Waals surface area contributed by atoms with E-state index >= 15 is 0 Å². The van der Waals surface area contributed by atoms with E-state index in [4.69, 9.17) is 0 Å². The lowest BCUT2D eigenvalue weighted by Crippen LogP contribution is -2.47. The first kappa shape index (κ1) is 17.4. The Balaban J connectivity index is 1.85. The van der Waals surface area contributed by atoms with Crippen molar-refractivity contribution in [3.05, 3.63) is 24.3 Å². The zero-order valence-electron chi connectivity index (χ0n) is 14.4. The Morgan fingerprint density at radius 1 is 0.958 bits per heavy atom. The summed E-state index contributed by atoms with van der Waals surface area (Å²) >= 11 is 0. The summed E-state index contributed by atoms with van der Waals surface area (Å²) < 4.78 is 27.7. The molecule has 0 unspecified atom stereocenters. The lowest BCUT2D eigenvalue weighted by atomic mass is 10.0. The molecule has 2 fully saturated rings. The number of hydrogen-bond acceptors (Lipinski definition) is 3. The van der Waals surface area contributed by atoms with Gasteiger partial charge in [0.25, 0.3) is 0 Å². The molecule has 0 aliphatic carbocycles. The summed E-state index contributed by atoms with van der Waals surface area (Å²) in [7, 11) is -3.49. The summed E-state index contributed by atoms with van der Waals surface area (Å²) in [6, 6.07) is 6.86. The van der Waals surface area contributed by atoms with Gasteiger partial charge in [-0.05, 0) is 63.8 Å². The zero-order chi connectivity index (χ0) is 17.3. The first-order valence-corrected chi connectivity index (χ1v) is 10.3. The first-order chi connectivity index (χ1) is 11.4. The van der Waals surface area contributed by atoms with Crippen LogP contribution in [-0.2, 0) is 14.8 Å². The van der Waals surface area contributed by atoms with Crippen molar-refractivity contribution in [2.45, 2.75) is 69.4 Å². The molecule has 2 atom stereocenters. The number of piperidine rings is 2. The van der Waals surface area contributed by atoms with Crippen LogP contribution in [0.25, 0.3) is 0 Å². The topological polar surface area (TPSA) is 57.7 Å². The van der Waals surface area contributed by atoms with Crippen molar-refractivity contribution in [1.82, 2.24) is 4.31 Å². The molecule has 132 valence electrons. The van der Waals surface area contributed by atoms with Crippen LogP contribution < -0.4 is 4.90 Å². The van der Waals surface area contributed by atoms with Gasteiger partial charge in [0.05, 0.1) is 4.90 Å². The standard InChI is InChI=1S/C18H26N2O3S/c1-14-6-5-7-15(2)20(14)24(22,23)17-11-9-16(10-12-17)19-13-4-3-8-18(19)21/h9-12,14-15H,3-8,13H2,1-2H3/t14-,15+. The molecular formula is C18H26N2O3S. The molecule has 0 aromatic heterocycles. The molecule has 0 bridgehead atoms. The predicted octanol–water partition coefficient (Wildman–Crippen LogP) is 3.16. The van der Waals surface area contributed by atoms with Crippen LogP contribution in [0.4, 0.5) is 5.69 Å². The van der Waals surface area contributed by atoms with Gasteiger partial charge in [-0.3, -0.25) is 4.79 Å². The maximum absolute atomic E-state index is 13.0. The molecule has 2 saturated heterocycles.